The summed E-state index contributed by atoms with van der Waals surface area (Å²) in [7, 11) is 0. The molecule has 9 atom stereocenters. The van der Waals surface area contributed by atoms with Crippen LogP contribution in [-0.2, 0) is 57.5 Å². The Morgan fingerprint density at radius 3 is 1.03 bits per heavy atom. The van der Waals surface area contributed by atoms with Gasteiger partial charge in [-0.05, 0) is 149 Å². The number of aliphatic hydroxyl groups excluding tert-OH is 1. The van der Waals surface area contributed by atoms with Gasteiger partial charge in [0.05, 0.1) is 6.61 Å². The molecule has 0 saturated carbocycles. The first-order chi connectivity index (χ1) is 42.3. The van der Waals surface area contributed by atoms with Crippen LogP contribution in [0.25, 0.3) is 0 Å². The van der Waals surface area contributed by atoms with Gasteiger partial charge in [0.25, 0.3) is 0 Å². The van der Waals surface area contributed by atoms with E-state index in [0.717, 1.165) is 0 Å². The molecule has 0 fully saturated rings. The van der Waals surface area contributed by atoms with Crippen molar-refractivity contribution in [2.45, 2.75) is 232 Å². The van der Waals surface area contributed by atoms with Crippen molar-refractivity contribution in [3.05, 3.63) is 0 Å². The average Bonchev–Trinajstić information content (AvgIpc) is 1.06. The number of carbonyl (C=O) groups excluding carboxylic acids is 12. The van der Waals surface area contributed by atoms with Crippen LogP contribution >= 0.6 is 0 Å². The molecule has 91 heavy (non-hydrogen) atoms. The number of nitrogens with zero attached hydrogens (tertiary/aromatic N) is 2. The fourth-order valence-corrected chi connectivity index (χ4v) is 9.00. The lowest BCUT2D eigenvalue weighted by atomic mass is 9.98. The lowest BCUT2D eigenvalue weighted by Crippen LogP contribution is -2.64. The van der Waals surface area contributed by atoms with Crippen LogP contribution in [0.3, 0.4) is 0 Å². The molecular weight excluding hydrogens is 1180 g/mol. The molecule has 0 bridgehead atoms. The summed E-state index contributed by atoms with van der Waals surface area (Å²) in [6.07, 6.45) is 2.04. The van der Waals surface area contributed by atoms with E-state index >= 15 is 0 Å². The van der Waals surface area contributed by atoms with Gasteiger partial charge in [-0.25, -0.2) is 0 Å². The molecule has 0 aromatic rings. The molecule has 33 nitrogen and oxygen atoms in total. The van der Waals surface area contributed by atoms with Gasteiger partial charge in [0.15, 0.2) is 11.9 Å². The molecule has 520 valence electrons. The molecule has 0 aliphatic heterocycles. The van der Waals surface area contributed by atoms with Crippen molar-refractivity contribution in [2.75, 3.05) is 32.8 Å². The van der Waals surface area contributed by atoms with Crippen LogP contribution in [0.5, 0.6) is 0 Å². The topological polar surface area (TPSA) is 564 Å². The molecule has 33 heteroatoms. The average molecular weight is 1300 g/mol. The first-order valence-electron chi connectivity index (χ1n) is 31.1. The number of guanidine groups is 2. The first kappa shape index (κ1) is 83.1. The number of primary amides is 1. The lowest BCUT2D eigenvalue weighted by Gasteiger charge is -2.32. The maximum atomic E-state index is 14.5. The Labute approximate surface area is 534 Å². The van der Waals surface area contributed by atoms with Crippen molar-refractivity contribution in [3.63, 3.8) is 0 Å². The molecule has 12 amide bonds. The number of carbonyl (C=O) groups is 12. The highest BCUT2D eigenvalue weighted by Crippen LogP contribution is 2.15. The van der Waals surface area contributed by atoms with Crippen molar-refractivity contribution in [1.29, 1.82) is 0 Å². The van der Waals surface area contributed by atoms with Crippen molar-refractivity contribution >= 4 is 82.8 Å². The van der Waals surface area contributed by atoms with E-state index in [9.17, 15) is 62.6 Å². The Morgan fingerprint density at radius 1 is 0.385 bits per heavy atom. The zero-order valence-corrected chi connectivity index (χ0v) is 55.4. The number of hydrogen-bond donors (Lipinski definition) is 19. The van der Waals surface area contributed by atoms with E-state index < -0.39 is 143 Å². The Balaban J connectivity index is 7.02. The van der Waals surface area contributed by atoms with Crippen LogP contribution in [0, 0.1) is 17.8 Å². The van der Waals surface area contributed by atoms with E-state index in [-0.39, 0.29) is 114 Å². The molecule has 0 aliphatic rings. The number of aliphatic imine (C=N–C) groups is 2. The highest BCUT2D eigenvalue weighted by atomic mass is 16.3. The molecule has 0 aromatic carbocycles. The highest BCUT2D eigenvalue weighted by molar-refractivity contribution is 6.00. The Bertz CT molecular complexity index is 2470. The van der Waals surface area contributed by atoms with Crippen LogP contribution in [0.15, 0.2) is 9.98 Å². The summed E-state index contributed by atoms with van der Waals surface area (Å²) >= 11 is 0. The van der Waals surface area contributed by atoms with Crippen LogP contribution in [0.4, 0.5) is 0 Å². The van der Waals surface area contributed by atoms with Gasteiger partial charge in [-0.1, -0.05) is 41.5 Å². The number of unbranched alkanes of at least 4 members (excludes halogenated alkanes) is 2. The summed E-state index contributed by atoms with van der Waals surface area (Å²) in [5.74, 6) is -10.4. The summed E-state index contributed by atoms with van der Waals surface area (Å²) in [6.45, 7) is 18.4. The molecule has 0 rings (SSSR count). The van der Waals surface area contributed by atoms with Crippen molar-refractivity contribution in [1.82, 2.24) is 58.5 Å². The lowest BCUT2D eigenvalue weighted by molar-refractivity contribution is -0.138. The third-order valence-electron chi connectivity index (χ3n) is 14.0. The van der Waals surface area contributed by atoms with Gasteiger partial charge in [-0.3, -0.25) is 67.5 Å². The summed E-state index contributed by atoms with van der Waals surface area (Å²) in [4.78, 5) is 171. The Morgan fingerprint density at radius 2 is 0.681 bits per heavy atom. The third-order valence-corrected chi connectivity index (χ3v) is 14.0. The largest absolute Gasteiger partial charge is 0.394 e. The van der Waals surface area contributed by atoms with Crippen LogP contribution < -0.4 is 98.6 Å². The number of rotatable bonds is 45. The minimum Gasteiger partial charge on any atom is -0.394 e. The minimum absolute atomic E-state index is 0.0107. The quantitative estimate of drug-likeness (QED) is 0.0154. The molecular formula is C58H110N20O13. The standard InChI is InChI=1S/C58H110N20O13/c1-31(2)27-40(44(61)81)72-49(86)41(28-32(3)4)73-47(84)37(22-18-26-67-56(64)65)69-48(85)38(19-13-15-23-59)75-53(90)57(9,10)77-51(88)39(20-14-16-24-60)71-46(83)36(21-17-25-66-55(62)63)70-50(87)42(29-33(5)6)76-54(91)58(11,12)78-52(89)43(30-79)74-45(82)34(7)68-35(8)80/h31-34,36-43,79H,13-30,59-60H2,1-12H3,(H2,61,81)(H,68,80)(H,69,85)(H,70,87)(H,71,83)(H,72,86)(H,73,84)(H,74,82)(H,75,90)(H,76,91)(H,77,88)(H,78,89)(H4,62,63,66)(H4,64,65,67)/t34-,36-,37-,38-,39-,40-,41-,42-,43-/m0/s1. The highest BCUT2D eigenvalue weighted by Gasteiger charge is 2.40. The van der Waals surface area contributed by atoms with E-state index in [0.29, 0.717) is 25.7 Å². The van der Waals surface area contributed by atoms with E-state index in [1.807, 2.05) is 27.7 Å². The smallest absolute Gasteiger partial charge is 0.245 e. The van der Waals surface area contributed by atoms with E-state index in [2.05, 4.69) is 68.5 Å². The van der Waals surface area contributed by atoms with E-state index in [4.69, 9.17) is 40.1 Å². The predicted molar refractivity (Wildman–Crippen MR) is 343 cm³/mol. The fraction of sp³-hybridized carbons (Fsp3) is 0.759. The normalized spacial score (nSPS) is 14.4. The van der Waals surface area contributed by atoms with Gasteiger partial charge < -0.3 is 104 Å². The second-order valence-corrected chi connectivity index (χ2v) is 25.0. The molecule has 0 saturated heterocycles. The molecule has 0 aromatic heterocycles. The van der Waals surface area contributed by atoms with Gasteiger partial charge in [0, 0.05) is 20.0 Å². The number of aliphatic hydroxyl groups is 1. The maximum Gasteiger partial charge on any atom is 0.245 e. The first-order valence-corrected chi connectivity index (χ1v) is 31.1. The molecule has 26 N–H and O–H groups in total. The molecule has 0 radical (unpaired) electrons. The Kier molecular flexibility index (Phi) is 38.5. The summed E-state index contributed by atoms with van der Waals surface area (Å²) in [5.41, 5.74) is 35.8. The van der Waals surface area contributed by atoms with Gasteiger partial charge >= 0.3 is 0 Å². The van der Waals surface area contributed by atoms with Crippen molar-refractivity contribution in [2.24, 2.45) is 67.9 Å². The van der Waals surface area contributed by atoms with E-state index in [1.165, 1.54) is 41.5 Å². The maximum absolute atomic E-state index is 14.5. The zero-order chi connectivity index (χ0) is 69.9. The molecule has 0 heterocycles. The number of nitrogens with one attached hydrogen (secondary N) is 11. The summed E-state index contributed by atoms with van der Waals surface area (Å²) < 4.78 is 0. The van der Waals surface area contributed by atoms with Crippen LogP contribution in [0.1, 0.15) is 167 Å². The molecule has 0 spiro atoms. The zero-order valence-electron chi connectivity index (χ0n) is 55.4. The molecule has 0 unspecified atom stereocenters. The monoisotopic (exact) mass is 1290 g/mol. The van der Waals surface area contributed by atoms with Crippen molar-refractivity contribution in [3.8, 4) is 0 Å². The molecule has 0 aliphatic carbocycles. The minimum atomic E-state index is -1.81. The third kappa shape index (κ3) is 34.2. The number of amides is 12. The van der Waals surface area contributed by atoms with Crippen LogP contribution in [0.2, 0.25) is 0 Å². The summed E-state index contributed by atoms with van der Waals surface area (Å²) in [5, 5.41) is 38.5. The number of hydrogen-bond acceptors (Lipinski definition) is 17. The predicted octanol–water partition coefficient (Wildman–Crippen LogP) is -4.84. The SMILES string of the molecule is CC(=O)N[C@@H](C)C(=O)N[C@@H](CO)C(=O)NC(C)(C)C(=O)N[C@@H](CC(C)C)C(=O)N[C@@H](CCCN=C(N)N)C(=O)N[C@@H](CCCCN)C(=O)NC(C)(C)C(=O)N[C@@H](CCCCN)C(=O)N[C@@H](CCCN=C(N)N)C(=O)N[C@@H](CC(C)C)C(=O)N[C@@H](CC(C)C)C(N)=O. The number of nitrogens with two attached hydrogens (primary N) is 7. The van der Waals surface area contributed by atoms with E-state index in [1.54, 1.807) is 13.8 Å². The van der Waals surface area contributed by atoms with Gasteiger partial charge in [0.1, 0.15) is 65.5 Å². The van der Waals surface area contributed by atoms with Crippen LogP contribution in [-0.4, -0.2) is 186 Å². The summed E-state index contributed by atoms with van der Waals surface area (Å²) in [6, 6.07) is -11.5. The second-order valence-electron chi connectivity index (χ2n) is 25.0. The van der Waals surface area contributed by atoms with Gasteiger partial charge in [0.2, 0.25) is 70.9 Å². The second kappa shape index (κ2) is 42.2. The van der Waals surface area contributed by atoms with Gasteiger partial charge in [-0.15, -0.1) is 0 Å². The van der Waals surface area contributed by atoms with Gasteiger partial charge in [-0.2, -0.15) is 0 Å². The fourth-order valence-electron chi connectivity index (χ4n) is 9.00. The Hall–Kier alpha value is -7.94. The van der Waals surface area contributed by atoms with Crippen molar-refractivity contribution < 1.29 is 62.6 Å².